The number of primary amides is 1. The molecule has 1 fully saturated rings. The van der Waals surface area contributed by atoms with Gasteiger partial charge < -0.3 is 19.8 Å². The van der Waals surface area contributed by atoms with Gasteiger partial charge in [-0.15, -0.1) is 0 Å². The molecule has 2 amide bonds. The van der Waals surface area contributed by atoms with Crippen LogP contribution in [0.25, 0.3) is 21.3 Å². The number of carbonyl (C=O) groups excluding carboxylic acids is 2. The Bertz CT molecular complexity index is 1220. The van der Waals surface area contributed by atoms with Crippen LogP contribution in [0.15, 0.2) is 47.2 Å². The molecular formula is C21H18N4O4S. The molecule has 1 aliphatic heterocycles. The number of benzene rings is 1. The number of nitrogens with zero attached hydrogens (tertiary/aromatic N) is 3. The van der Waals surface area contributed by atoms with Gasteiger partial charge in [-0.25, -0.2) is 4.98 Å². The van der Waals surface area contributed by atoms with Gasteiger partial charge in [0.15, 0.2) is 5.65 Å². The van der Waals surface area contributed by atoms with Crippen molar-refractivity contribution >= 4 is 44.5 Å². The van der Waals surface area contributed by atoms with Crippen LogP contribution in [0, 0.1) is 5.92 Å². The van der Waals surface area contributed by atoms with Gasteiger partial charge in [-0.2, -0.15) is 4.98 Å². The predicted octanol–water partition coefficient (Wildman–Crippen LogP) is 3.57. The molecule has 30 heavy (non-hydrogen) atoms. The summed E-state index contributed by atoms with van der Waals surface area (Å²) in [6, 6.07) is 9.13. The molecule has 5 rings (SSSR count). The van der Waals surface area contributed by atoms with Crippen molar-refractivity contribution in [3.63, 3.8) is 0 Å². The third-order valence-corrected chi connectivity index (χ3v) is 6.20. The molecule has 0 saturated carbocycles. The van der Waals surface area contributed by atoms with Gasteiger partial charge in [0.25, 0.3) is 11.1 Å². The molecule has 0 unspecified atom stereocenters. The molecule has 1 saturated heterocycles. The van der Waals surface area contributed by atoms with Crippen LogP contribution in [0.4, 0.5) is 0 Å². The molecule has 8 nitrogen and oxygen atoms in total. The molecule has 0 atom stereocenters. The maximum Gasteiger partial charge on any atom is 0.281 e. The number of amides is 2. The van der Waals surface area contributed by atoms with Gasteiger partial charge >= 0.3 is 0 Å². The molecular weight excluding hydrogens is 404 g/mol. The Morgan fingerprint density at radius 3 is 2.83 bits per heavy atom. The summed E-state index contributed by atoms with van der Waals surface area (Å²) in [7, 11) is 0. The summed E-state index contributed by atoms with van der Waals surface area (Å²) in [6.07, 6.45) is 4.34. The Hall–Kier alpha value is -3.46. The molecule has 0 bridgehead atoms. The standard InChI is InChI=1S/C21H18N4O4S/c22-18(26)12-5-8-25(9-6-12)20(27)15-11-28-16-10-13(3-4-14(15)16)29-21-24-19-17(30-21)2-1-7-23-19/h1-4,7,10-12H,5-6,8-9H2,(H2,22,26). The molecule has 1 aromatic carbocycles. The number of likely N-dealkylation sites (tertiary alicyclic amines) is 1. The Kier molecular flexibility index (Phi) is 4.59. The van der Waals surface area contributed by atoms with Gasteiger partial charge in [-0.3, -0.25) is 9.59 Å². The maximum atomic E-state index is 12.9. The second-order valence-electron chi connectivity index (χ2n) is 7.18. The van der Waals surface area contributed by atoms with Crippen molar-refractivity contribution in [3.05, 3.63) is 48.4 Å². The van der Waals surface area contributed by atoms with Crippen molar-refractivity contribution in [2.45, 2.75) is 12.8 Å². The van der Waals surface area contributed by atoms with Crippen molar-refractivity contribution in [3.8, 4) is 10.9 Å². The molecule has 1 aliphatic rings. The van der Waals surface area contributed by atoms with Gasteiger partial charge in [0.05, 0.1) is 10.3 Å². The van der Waals surface area contributed by atoms with Crippen molar-refractivity contribution in [2.75, 3.05) is 13.1 Å². The quantitative estimate of drug-likeness (QED) is 0.538. The summed E-state index contributed by atoms with van der Waals surface area (Å²) >= 11 is 1.41. The molecule has 9 heteroatoms. The number of furan rings is 1. The number of hydrogen-bond acceptors (Lipinski definition) is 7. The SMILES string of the molecule is NC(=O)C1CCN(C(=O)c2coc3cc(Oc4nc5ncccc5s4)ccc23)CC1. The van der Waals surface area contributed by atoms with Crippen LogP contribution in [-0.2, 0) is 4.79 Å². The number of fused-ring (bicyclic) bond motifs is 2. The highest BCUT2D eigenvalue weighted by atomic mass is 32.1. The zero-order valence-electron chi connectivity index (χ0n) is 15.9. The van der Waals surface area contributed by atoms with Crippen LogP contribution in [-0.4, -0.2) is 39.8 Å². The van der Waals surface area contributed by atoms with Crippen molar-refractivity contribution in [1.29, 1.82) is 0 Å². The number of carbonyl (C=O) groups is 2. The van der Waals surface area contributed by atoms with Crippen molar-refractivity contribution in [2.24, 2.45) is 11.7 Å². The monoisotopic (exact) mass is 422 g/mol. The summed E-state index contributed by atoms with van der Waals surface area (Å²) in [6.45, 7) is 1.01. The number of hydrogen-bond donors (Lipinski definition) is 1. The first kappa shape index (κ1) is 18.6. The molecule has 0 radical (unpaired) electrons. The predicted molar refractivity (Wildman–Crippen MR) is 112 cm³/mol. The molecule has 0 aliphatic carbocycles. The van der Waals surface area contributed by atoms with Crippen LogP contribution >= 0.6 is 11.3 Å². The highest BCUT2D eigenvalue weighted by Crippen LogP contribution is 2.33. The van der Waals surface area contributed by atoms with Crippen molar-refractivity contribution < 1.29 is 18.7 Å². The van der Waals surface area contributed by atoms with E-state index in [-0.39, 0.29) is 17.7 Å². The number of rotatable bonds is 4. The summed E-state index contributed by atoms with van der Waals surface area (Å²) in [5, 5.41) is 1.21. The molecule has 3 aromatic heterocycles. The van der Waals surface area contributed by atoms with Crippen LogP contribution in [0.5, 0.6) is 10.9 Å². The van der Waals surface area contributed by atoms with Gasteiger partial charge in [-0.05, 0) is 37.1 Å². The molecule has 4 heterocycles. The number of thiazole rings is 1. The largest absolute Gasteiger partial charge is 0.463 e. The zero-order chi connectivity index (χ0) is 20.7. The van der Waals surface area contributed by atoms with Crippen molar-refractivity contribution in [1.82, 2.24) is 14.9 Å². The molecule has 2 N–H and O–H groups in total. The lowest BCUT2D eigenvalue weighted by atomic mass is 9.96. The number of nitrogens with two attached hydrogens (primary N) is 1. The summed E-state index contributed by atoms with van der Waals surface area (Å²) in [4.78, 5) is 34.6. The first-order valence-corrected chi connectivity index (χ1v) is 10.4. The van der Waals surface area contributed by atoms with E-state index in [4.69, 9.17) is 14.9 Å². The third-order valence-electron chi connectivity index (χ3n) is 5.31. The molecule has 152 valence electrons. The molecule has 4 aromatic rings. The summed E-state index contributed by atoms with van der Waals surface area (Å²) < 4.78 is 12.4. The Balaban J connectivity index is 1.34. The first-order valence-electron chi connectivity index (χ1n) is 9.58. The topological polar surface area (TPSA) is 112 Å². The van der Waals surface area contributed by atoms with Gasteiger partial charge in [0.2, 0.25) is 5.91 Å². The van der Waals surface area contributed by atoms with Gasteiger partial charge in [0, 0.05) is 36.7 Å². The van der Waals surface area contributed by atoms with E-state index in [1.165, 1.54) is 17.6 Å². The van der Waals surface area contributed by atoms with E-state index in [1.54, 1.807) is 23.2 Å². The maximum absolute atomic E-state index is 12.9. The van der Waals surface area contributed by atoms with E-state index in [9.17, 15) is 9.59 Å². The summed E-state index contributed by atoms with van der Waals surface area (Å²) in [5.74, 6) is -0.000351. The summed E-state index contributed by atoms with van der Waals surface area (Å²) in [5.41, 5.74) is 7.07. The minimum Gasteiger partial charge on any atom is -0.463 e. The average molecular weight is 422 g/mol. The second kappa shape index (κ2) is 7.42. The fraction of sp³-hybridized carbons (Fsp3) is 0.238. The fourth-order valence-electron chi connectivity index (χ4n) is 3.67. The minimum absolute atomic E-state index is 0.109. The van der Waals surface area contributed by atoms with Gasteiger partial charge in [-0.1, -0.05) is 11.3 Å². The van der Waals surface area contributed by atoms with E-state index in [2.05, 4.69) is 9.97 Å². The highest BCUT2D eigenvalue weighted by Gasteiger charge is 2.28. The first-order chi connectivity index (χ1) is 14.6. The molecule has 0 spiro atoms. The van der Waals surface area contributed by atoms with Crippen LogP contribution in [0.3, 0.4) is 0 Å². The van der Waals surface area contributed by atoms with E-state index < -0.39 is 0 Å². The van der Waals surface area contributed by atoms with E-state index in [0.29, 0.717) is 53.7 Å². The third kappa shape index (κ3) is 3.37. The second-order valence-corrected chi connectivity index (χ2v) is 8.18. The number of piperidine rings is 1. The number of pyridine rings is 1. The van der Waals surface area contributed by atoms with E-state index >= 15 is 0 Å². The van der Waals surface area contributed by atoms with E-state index in [1.807, 2.05) is 18.2 Å². The Morgan fingerprint density at radius 2 is 2.07 bits per heavy atom. The minimum atomic E-state index is -0.299. The lowest BCUT2D eigenvalue weighted by molar-refractivity contribution is -0.123. The Morgan fingerprint density at radius 1 is 1.23 bits per heavy atom. The smallest absolute Gasteiger partial charge is 0.281 e. The lowest BCUT2D eigenvalue weighted by Gasteiger charge is -2.30. The Labute approximate surface area is 175 Å². The van der Waals surface area contributed by atoms with Crippen LogP contribution < -0.4 is 10.5 Å². The van der Waals surface area contributed by atoms with Crippen LogP contribution in [0.2, 0.25) is 0 Å². The fourth-order valence-corrected chi connectivity index (χ4v) is 4.46. The number of ether oxygens (including phenoxy) is 1. The normalized spacial score (nSPS) is 15.0. The lowest BCUT2D eigenvalue weighted by Crippen LogP contribution is -2.41. The average Bonchev–Trinajstić information content (AvgIpc) is 3.36. The van der Waals surface area contributed by atoms with Crippen LogP contribution in [0.1, 0.15) is 23.2 Å². The highest BCUT2D eigenvalue weighted by molar-refractivity contribution is 7.20. The zero-order valence-corrected chi connectivity index (χ0v) is 16.7. The van der Waals surface area contributed by atoms with E-state index in [0.717, 1.165) is 10.1 Å². The van der Waals surface area contributed by atoms with Gasteiger partial charge in [0.1, 0.15) is 17.6 Å². The number of aromatic nitrogens is 2.